The van der Waals surface area contributed by atoms with Crippen molar-refractivity contribution < 1.29 is 13.9 Å². The zero-order chi connectivity index (χ0) is 11.8. The van der Waals surface area contributed by atoms with Crippen LogP contribution in [-0.4, -0.2) is 5.11 Å². The first-order valence-corrected chi connectivity index (χ1v) is 5.53. The fourth-order valence-electron chi connectivity index (χ4n) is 1.62. The number of hydrogen-bond donors (Lipinski definition) is 1. The topological polar surface area (TPSA) is 33.4 Å². The molecule has 1 unspecified atom stereocenters. The van der Waals surface area contributed by atoms with Gasteiger partial charge in [0.2, 0.25) is 0 Å². The van der Waals surface area contributed by atoms with Crippen molar-refractivity contribution in [1.82, 2.24) is 0 Å². The van der Waals surface area contributed by atoms with Gasteiger partial charge in [-0.05, 0) is 35.0 Å². The lowest BCUT2D eigenvalue weighted by Crippen LogP contribution is -2.24. The van der Waals surface area contributed by atoms with Crippen molar-refractivity contribution in [3.8, 4) is 0 Å². The van der Waals surface area contributed by atoms with Crippen LogP contribution in [0, 0.1) is 5.82 Å². The molecule has 0 saturated heterocycles. The van der Waals surface area contributed by atoms with Crippen molar-refractivity contribution >= 4 is 15.9 Å². The number of benzene rings is 1. The molecule has 0 radical (unpaired) electrons. The van der Waals surface area contributed by atoms with Crippen LogP contribution in [0.15, 0.2) is 45.5 Å². The van der Waals surface area contributed by atoms with Crippen molar-refractivity contribution in [2.24, 2.45) is 0 Å². The highest BCUT2D eigenvalue weighted by molar-refractivity contribution is 9.10. The molecule has 0 aliphatic carbocycles. The van der Waals surface area contributed by atoms with E-state index in [1.165, 1.54) is 25.3 Å². The number of halogens is 2. The van der Waals surface area contributed by atoms with E-state index in [0.29, 0.717) is 4.47 Å². The maximum Gasteiger partial charge on any atom is 0.153 e. The zero-order valence-electron chi connectivity index (χ0n) is 8.58. The highest BCUT2D eigenvalue weighted by Gasteiger charge is 2.33. The van der Waals surface area contributed by atoms with Crippen LogP contribution in [0.4, 0.5) is 4.39 Å². The van der Waals surface area contributed by atoms with E-state index in [2.05, 4.69) is 15.9 Å². The lowest BCUT2D eigenvalue weighted by Gasteiger charge is -2.22. The molecule has 1 heterocycles. The SMILES string of the molecule is CC(O)(c1ccccc1F)c1occc1Br. The van der Waals surface area contributed by atoms with Crippen molar-refractivity contribution in [2.45, 2.75) is 12.5 Å². The average molecular weight is 285 g/mol. The molecule has 0 fully saturated rings. The molecular weight excluding hydrogens is 275 g/mol. The summed E-state index contributed by atoms with van der Waals surface area (Å²) in [6, 6.07) is 7.74. The van der Waals surface area contributed by atoms with Gasteiger partial charge in [0, 0.05) is 5.56 Å². The summed E-state index contributed by atoms with van der Waals surface area (Å²) < 4.78 is 19.4. The standard InChI is InChI=1S/C12H10BrFO2/c1-12(15,11-9(13)6-7-16-11)8-4-2-3-5-10(8)14/h2-7,15H,1H3. The van der Waals surface area contributed by atoms with E-state index in [1.807, 2.05) is 0 Å². The molecule has 0 saturated carbocycles. The van der Waals surface area contributed by atoms with Crippen LogP contribution in [0.3, 0.4) is 0 Å². The molecule has 2 rings (SSSR count). The van der Waals surface area contributed by atoms with Crippen LogP contribution in [0.2, 0.25) is 0 Å². The summed E-state index contributed by atoms with van der Waals surface area (Å²) >= 11 is 3.25. The van der Waals surface area contributed by atoms with Gasteiger partial charge in [0.1, 0.15) is 11.4 Å². The smallest absolute Gasteiger partial charge is 0.153 e. The van der Waals surface area contributed by atoms with Gasteiger partial charge in [0.05, 0.1) is 10.7 Å². The molecule has 0 amide bonds. The molecule has 2 aromatic rings. The molecule has 1 aromatic carbocycles. The summed E-state index contributed by atoms with van der Waals surface area (Å²) in [5, 5.41) is 10.3. The lowest BCUT2D eigenvalue weighted by atomic mass is 9.93. The third-order valence-corrected chi connectivity index (χ3v) is 3.08. The highest BCUT2D eigenvalue weighted by atomic mass is 79.9. The predicted octanol–water partition coefficient (Wildman–Crippen LogP) is 3.44. The lowest BCUT2D eigenvalue weighted by molar-refractivity contribution is 0.0720. The molecule has 84 valence electrons. The molecule has 16 heavy (non-hydrogen) atoms. The Labute approximate surface area is 101 Å². The van der Waals surface area contributed by atoms with Crippen molar-refractivity contribution in [3.63, 3.8) is 0 Å². The summed E-state index contributed by atoms with van der Waals surface area (Å²) in [7, 11) is 0. The van der Waals surface area contributed by atoms with E-state index in [-0.39, 0.29) is 11.3 Å². The van der Waals surface area contributed by atoms with Crippen LogP contribution in [0.1, 0.15) is 18.2 Å². The van der Waals surface area contributed by atoms with Gasteiger partial charge in [-0.15, -0.1) is 0 Å². The summed E-state index contributed by atoms with van der Waals surface area (Å²) in [6.45, 7) is 1.50. The van der Waals surface area contributed by atoms with E-state index in [1.54, 1.807) is 18.2 Å². The third kappa shape index (κ3) is 1.79. The minimum absolute atomic E-state index is 0.186. The van der Waals surface area contributed by atoms with Gasteiger partial charge in [-0.1, -0.05) is 18.2 Å². The maximum atomic E-state index is 13.6. The first-order chi connectivity index (χ1) is 7.53. The van der Waals surface area contributed by atoms with Gasteiger partial charge in [0.25, 0.3) is 0 Å². The average Bonchev–Trinajstić information content (AvgIpc) is 2.65. The van der Waals surface area contributed by atoms with E-state index in [9.17, 15) is 9.50 Å². The van der Waals surface area contributed by atoms with Gasteiger partial charge in [0.15, 0.2) is 5.76 Å². The Bertz CT molecular complexity index is 505. The second kappa shape index (κ2) is 4.03. The molecule has 2 nitrogen and oxygen atoms in total. The van der Waals surface area contributed by atoms with E-state index < -0.39 is 11.4 Å². The molecule has 1 aromatic heterocycles. The molecule has 0 bridgehead atoms. The second-order valence-corrected chi connectivity index (χ2v) is 4.50. The summed E-state index contributed by atoms with van der Waals surface area (Å²) in [6.07, 6.45) is 1.44. The Kier molecular flexibility index (Phi) is 2.86. The number of aliphatic hydroxyl groups is 1. The van der Waals surface area contributed by atoms with E-state index in [0.717, 1.165) is 0 Å². The van der Waals surface area contributed by atoms with Gasteiger partial charge < -0.3 is 9.52 Å². The van der Waals surface area contributed by atoms with Crippen LogP contribution in [-0.2, 0) is 5.60 Å². The fraction of sp³-hybridized carbons (Fsp3) is 0.167. The van der Waals surface area contributed by atoms with Crippen LogP contribution in [0.25, 0.3) is 0 Å². The molecule has 0 aliphatic heterocycles. The van der Waals surface area contributed by atoms with Crippen LogP contribution >= 0.6 is 15.9 Å². The Morgan fingerprint density at radius 1 is 1.31 bits per heavy atom. The molecule has 0 aliphatic rings. The molecule has 1 atom stereocenters. The quantitative estimate of drug-likeness (QED) is 0.917. The number of hydrogen-bond acceptors (Lipinski definition) is 2. The molecular formula is C12H10BrFO2. The Morgan fingerprint density at radius 3 is 2.56 bits per heavy atom. The minimum atomic E-state index is -1.49. The molecule has 4 heteroatoms. The van der Waals surface area contributed by atoms with Gasteiger partial charge in [-0.25, -0.2) is 4.39 Å². The summed E-state index contributed by atoms with van der Waals surface area (Å²) in [4.78, 5) is 0. The van der Waals surface area contributed by atoms with E-state index >= 15 is 0 Å². The first-order valence-electron chi connectivity index (χ1n) is 4.74. The Balaban J connectivity index is 2.55. The largest absolute Gasteiger partial charge is 0.465 e. The normalized spacial score (nSPS) is 14.8. The highest BCUT2D eigenvalue weighted by Crippen LogP contribution is 2.35. The van der Waals surface area contributed by atoms with Crippen molar-refractivity contribution in [3.05, 3.63) is 58.2 Å². The predicted molar refractivity (Wildman–Crippen MR) is 61.5 cm³/mol. The monoisotopic (exact) mass is 284 g/mol. The molecule has 1 N–H and O–H groups in total. The fourth-order valence-corrected chi connectivity index (χ4v) is 2.21. The van der Waals surface area contributed by atoms with Crippen LogP contribution in [0.5, 0.6) is 0 Å². The van der Waals surface area contributed by atoms with Gasteiger partial charge in [-0.3, -0.25) is 0 Å². The second-order valence-electron chi connectivity index (χ2n) is 3.65. The zero-order valence-corrected chi connectivity index (χ0v) is 10.2. The minimum Gasteiger partial charge on any atom is -0.465 e. The summed E-state index contributed by atoms with van der Waals surface area (Å²) in [5.41, 5.74) is -1.31. The van der Waals surface area contributed by atoms with Crippen molar-refractivity contribution in [2.75, 3.05) is 0 Å². The number of rotatable bonds is 2. The summed E-state index contributed by atoms with van der Waals surface area (Å²) in [5.74, 6) is -0.173. The van der Waals surface area contributed by atoms with Crippen LogP contribution < -0.4 is 0 Å². The molecule has 0 spiro atoms. The first kappa shape index (κ1) is 11.4. The Hall–Kier alpha value is -1.13. The maximum absolute atomic E-state index is 13.6. The number of furan rings is 1. The third-order valence-electron chi connectivity index (χ3n) is 2.46. The van der Waals surface area contributed by atoms with Gasteiger partial charge >= 0.3 is 0 Å². The van der Waals surface area contributed by atoms with Crippen molar-refractivity contribution in [1.29, 1.82) is 0 Å². The van der Waals surface area contributed by atoms with E-state index in [4.69, 9.17) is 4.42 Å². The Morgan fingerprint density at radius 2 is 2.00 bits per heavy atom. The van der Waals surface area contributed by atoms with Gasteiger partial charge in [-0.2, -0.15) is 0 Å².